The maximum absolute atomic E-state index is 11.3. The number of sulfone groups is 1. The highest BCUT2D eigenvalue weighted by Gasteiger charge is 2.42. The second kappa shape index (κ2) is 4.31. The van der Waals surface area contributed by atoms with Gasteiger partial charge in [0.1, 0.15) is 0 Å². The van der Waals surface area contributed by atoms with Gasteiger partial charge in [0.25, 0.3) is 0 Å². The van der Waals surface area contributed by atoms with Crippen LogP contribution in [0.4, 0.5) is 0 Å². The Bertz CT molecular complexity index is 424. The minimum Gasteiger partial charge on any atom is -0.228 e. The molecule has 0 saturated heterocycles. The molecule has 0 aromatic heterocycles. The Balaban J connectivity index is 2.51. The Morgan fingerprint density at radius 1 is 1.27 bits per heavy atom. The fourth-order valence-electron chi connectivity index (χ4n) is 1.12. The van der Waals surface area contributed by atoms with Crippen LogP contribution in [0.25, 0.3) is 0 Å². The topological polar surface area (TPSA) is 80.3 Å². The van der Waals surface area contributed by atoms with Crippen molar-refractivity contribution < 1.29 is 16.8 Å². The molecule has 0 heterocycles. The van der Waals surface area contributed by atoms with Crippen LogP contribution in [0, 0.1) is 5.41 Å². The maximum atomic E-state index is 11.3. The first-order valence-corrected chi connectivity index (χ1v) is 9.23. The molecule has 0 amide bonds. The molecule has 0 aromatic rings. The van der Waals surface area contributed by atoms with Gasteiger partial charge in [0.15, 0.2) is 14.9 Å². The van der Waals surface area contributed by atoms with E-state index in [1.165, 1.54) is 0 Å². The average molecular weight is 320 g/mol. The molecule has 1 aliphatic carbocycles. The smallest absolute Gasteiger partial charge is 0.226 e. The van der Waals surface area contributed by atoms with E-state index in [1.54, 1.807) is 0 Å². The van der Waals surface area contributed by atoms with Crippen LogP contribution in [-0.2, 0) is 19.9 Å². The molecule has 0 radical (unpaired) electrons. The van der Waals surface area contributed by atoms with Gasteiger partial charge < -0.3 is 0 Å². The standard InChI is InChI=1S/C7H14BrNO4S2/c1-14(10,11)6-15(12,13)9-5-7(4-8)2-3-7/h9H,2-6H2,1H3. The van der Waals surface area contributed by atoms with Crippen molar-refractivity contribution in [1.29, 1.82) is 0 Å². The van der Waals surface area contributed by atoms with Crippen molar-refractivity contribution in [3.63, 3.8) is 0 Å². The summed E-state index contributed by atoms with van der Waals surface area (Å²) in [6, 6.07) is 0. The second-order valence-electron chi connectivity index (χ2n) is 4.11. The summed E-state index contributed by atoms with van der Waals surface area (Å²) in [6.45, 7) is 0.316. The number of halogens is 1. The van der Waals surface area contributed by atoms with Crippen molar-refractivity contribution in [2.75, 3.05) is 23.2 Å². The molecule has 0 bridgehead atoms. The zero-order chi connectivity index (χ0) is 11.7. The van der Waals surface area contributed by atoms with Crippen molar-refractivity contribution >= 4 is 35.8 Å². The highest BCUT2D eigenvalue weighted by Crippen LogP contribution is 2.46. The molecule has 0 spiro atoms. The van der Waals surface area contributed by atoms with E-state index in [2.05, 4.69) is 20.7 Å². The number of nitrogens with one attached hydrogen (secondary N) is 1. The van der Waals surface area contributed by atoms with Gasteiger partial charge in [-0.05, 0) is 18.3 Å². The van der Waals surface area contributed by atoms with Crippen LogP contribution in [0.15, 0.2) is 0 Å². The monoisotopic (exact) mass is 319 g/mol. The summed E-state index contributed by atoms with van der Waals surface area (Å²) < 4.78 is 46.7. The van der Waals surface area contributed by atoms with E-state index in [-0.39, 0.29) is 5.41 Å². The first kappa shape index (κ1) is 13.4. The lowest BCUT2D eigenvalue weighted by molar-refractivity contribution is 0.540. The molecule has 1 N–H and O–H groups in total. The Kier molecular flexibility index (Phi) is 3.85. The first-order valence-electron chi connectivity index (χ1n) is 4.39. The van der Waals surface area contributed by atoms with Crippen LogP contribution in [0.1, 0.15) is 12.8 Å². The summed E-state index contributed by atoms with van der Waals surface area (Å²) in [5.74, 6) is 0. The zero-order valence-electron chi connectivity index (χ0n) is 8.36. The molecule has 0 atom stereocenters. The Hall–Kier alpha value is 0.340. The van der Waals surface area contributed by atoms with Crippen molar-refractivity contribution in [3.8, 4) is 0 Å². The molecule has 15 heavy (non-hydrogen) atoms. The number of sulfonamides is 1. The average Bonchev–Trinajstić information content (AvgIpc) is 2.77. The van der Waals surface area contributed by atoms with E-state index in [4.69, 9.17) is 0 Å². The summed E-state index contributed by atoms with van der Waals surface area (Å²) in [4.78, 5) is 0. The van der Waals surface area contributed by atoms with Crippen molar-refractivity contribution in [3.05, 3.63) is 0 Å². The van der Waals surface area contributed by atoms with E-state index in [0.29, 0.717) is 6.54 Å². The molecule has 5 nitrogen and oxygen atoms in total. The van der Waals surface area contributed by atoms with Crippen molar-refractivity contribution in [2.24, 2.45) is 5.41 Å². The molecule has 1 fully saturated rings. The molecule has 0 unspecified atom stereocenters. The molecule has 8 heteroatoms. The largest absolute Gasteiger partial charge is 0.228 e. The number of rotatable bonds is 6. The minimum atomic E-state index is -3.70. The van der Waals surface area contributed by atoms with Gasteiger partial charge in [0.05, 0.1) is 0 Å². The second-order valence-corrected chi connectivity index (χ2v) is 8.99. The van der Waals surface area contributed by atoms with Gasteiger partial charge >= 0.3 is 0 Å². The molecule has 1 rings (SSSR count). The lowest BCUT2D eigenvalue weighted by Gasteiger charge is -2.12. The van der Waals surface area contributed by atoms with E-state index in [0.717, 1.165) is 24.4 Å². The molecule has 0 aromatic carbocycles. The van der Waals surface area contributed by atoms with Gasteiger partial charge in [-0.1, -0.05) is 15.9 Å². The van der Waals surface area contributed by atoms with Gasteiger partial charge in [-0.2, -0.15) is 0 Å². The highest BCUT2D eigenvalue weighted by atomic mass is 79.9. The van der Waals surface area contributed by atoms with Gasteiger partial charge in [-0.15, -0.1) is 0 Å². The molecule has 0 aliphatic heterocycles. The third kappa shape index (κ3) is 4.80. The van der Waals surface area contributed by atoms with Crippen LogP contribution in [0.5, 0.6) is 0 Å². The summed E-state index contributed by atoms with van der Waals surface area (Å²) in [5, 5.41) is -0.0975. The first-order chi connectivity index (χ1) is 6.68. The molecule has 1 aliphatic rings. The zero-order valence-corrected chi connectivity index (χ0v) is 11.6. The number of hydrogen-bond donors (Lipinski definition) is 1. The van der Waals surface area contributed by atoms with E-state index >= 15 is 0 Å². The van der Waals surface area contributed by atoms with Gasteiger partial charge in [-0.25, -0.2) is 21.6 Å². The lowest BCUT2D eigenvalue weighted by atomic mass is 10.1. The summed E-state index contributed by atoms with van der Waals surface area (Å²) in [7, 11) is -7.20. The molecular formula is C7H14BrNO4S2. The number of hydrogen-bond acceptors (Lipinski definition) is 4. The quantitative estimate of drug-likeness (QED) is 0.703. The van der Waals surface area contributed by atoms with Crippen LogP contribution < -0.4 is 4.72 Å². The van der Waals surface area contributed by atoms with E-state index in [1.807, 2.05) is 0 Å². The minimum absolute atomic E-state index is 0.00454. The van der Waals surface area contributed by atoms with Crippen LogP contribution in [-0.4, -0.2) is 40.1 Å². The Morgan fingerprint density at radius 3 is 2.13 bits per heavy atom. The fraction of sp³-hybridized carbons (Fsp3) is 1.00. The van der Waals surface area contributed by atoms with Gasteiger partial charge in [0, 0.05) is 18.1 Å². The SMILES string of the molecule is CS(=O)(=O)CS(=O)(=O)NCC1(CBr)CC1. The Morgan fingerprint density at radius 2 is 1.80 bits per heavy atom. The molecular weight excluding hydrogens is 306 g/mol. The maximum Gasteiger partial charge on any atom is 0.226 e. The number of alkyl halides is 1. The summed E-state index contributed by atoms with van der Waals surface area (Å²) in [6.07, 6.45) is 2.85. The van der Waals surface area contributed by atoms with Crippen molar-refractivity contribution in [2.45, 2.75) is 12.8 Å². The van der Waals surface area contributed by atoms with Gasteiger partial charge in [-0.3, -0.25) is 0 Å². The predicted molar refractivity (Wildman–Crippen MR) is 62.1 cm³/mol. The summed E-state index contributed by atoms with van der Waals surface area (Å²) >= 11 is 3.31. The Labute approximate surface area is 98.7 Å². The van der Waals surface area contributed by atoms with E-state index < -0.39 is 24.9 Å². The fourth-order valence-corrected chi connectivity index (χ4v) is 4.99. The highest BCUT2D eigenvalue weighted by molar-refractivity contribution is 9.09. The summed E-state index contributed by atoms with van der Waals surface area (Å²) in [5.41, 5.74) is 0.00454. The van der Waals surface area contributed by atoms with Crippen LogP contribution in [0.3, 0.4) is 0 Å². The van der Waals surface area contributed by atoms with Crippen LogP contribution in [0.2, 0.25) is 0 Å². The van der Waals surface area contributed by atoms with Gasteiger partial charge in [0.2, 0.25) is 10.0 Å². The van der Waals surface area contributed by atoms with E-state index in [9.17, 15) is 16.8 Å². The third-order valence-corrected chi connectivity index (χ3v) is 7.00. The molecule has 90 valence electrons. The normalized spacial score (nSPS) is 20.1. The predicted octanol–water partition coefficient (Wildman–Crippen LogP) is 0.0830. The lowest BCUT2D eigenvalue weighted by Crippen LogP contribution is -2.34. The van der Waals surface area contributed by atoms with Crippen molar-refractivity contribution in [1.82, 2.24) is 4.72 Å². The third-order valence-electron chi connectivity index (χ3n) is 2.28. The van der Waals surface area contributed by atoms with Crippen LogP contribution >= 0.6 is 15.9 Å². The molecule has 1 saturated carbocycles.